The van der Waals surface area contributed by atoms with E-state index in [1.807, 2.05) is 12.1 Å². The second kappa shape index (κ2) is 7.78. The molecule has 116 valence electrons. The summed E-state index contributed by atoms with van der Waals surface area (Å²) in [6, 6.07) is 8.19. The highest BCUT2D eigenvalue weighted by atomic mass is 35.5. The third-order valence-corrected chi connectivity index (χ3v) is 4.18. The van der Waals surface area contributed by atoms with Crippen molar-refractivity contribution in [2.45, 2.75) is 44.4 Å². The van der Waals surface area contributed by atoms with Gasteiger partial charge in [0, 0.05) is 19.7 Å². The first kappa shape index (κ1) is 16.3. The molecule has 3 rings (SSSR count). The molecule has 2 N–H and O–H groups in total. The molecule has 0 aromatic heterocycles. The number of carbonyl (C=O) groups excluding carboxylic acids is 1. The van der Waals surface area contributed by atoms with Gasteiger partial charge in [-0.25, -0.2) is 0 Å². The molecular formula is C16H23ClN2O2. The smallest absolute Gasteiger partial charge is 0.237 e. The van der Waals surface area contributed by atoms with Gasteiger partial charge in [0.25, 0.3) is 0 Å². The number of benzene rings is 1. The topological polar surface area (TPSA) is 50.4 Å². The zero-order valence-corrected chi connectivity index (χ0v) is 13.0. The Morgan fingerprint density at radius 3 is 2.86 bits per heavy atom. The minimum atomic E-state index is -0.117. The van der Waals surface area contributed by atoms with Crippen LogP contribution in [0.4, 0.5) is 0 Å². The highest BCUT2D eigenvalue weighted by Gasteiger charge is 2.24. The minimum Gasteiger partial charge on any atom is -0.376 e. The van der Waals surface area contributed by atoms with Crippen molar-refractivity contribution in [2.75, 3.05) is 13.2 Å². The van der Waals surface area contributed by atoms with E-state index in [0.29, 0.717) is 6.54 Å². The number of hydrogen-bond acceptors (Lipinski definition) is 3. The lowest BCUT2D eigenvalue weighted by molar-refractivity contribution is -0.124. The Morgan fingerprint density at radius 1 is 1.29 bits per heavy atom. The van der Waals surface area contributed by atoms with Gasteiger partial charge in [-0.1, -0.05) is 24.3 Å². The number of fused-ring (bicyclic) bond motifs is 1. The van der Waals surface area contributed by atoms with Crippen LogP contribution in [0.15, 0.2) is 24.3 Å². The highest BCUT2D eigenvalue weighted by molar-refractivity contribution is 5.85. The maximum atomic E-state index is 12.2. The van der Waals surface area contributed by atoms with Gasteiger partial charge in [-0.15, -0.1) is 12.4 Å². The van der Waals surface area contributed by atoms with E-state index in [1.54, 1.807) is 0 Å². The molecule has 2 aliphatic heterocycles. The van der Waals surface area contributed by atoms with Gasteiger partial charge in [-0.3, -0.25) is 4.79 Å². The molecule has 1 fully saturated rings. The number of carbonyl (C=O) groups is 1. The van der Waals surface area contributed by atoms with Crippen molar-refractivity contribution < 1.29 is 9.53 Å². The van der Waals surface area contributed by atoms with Crippen LogP contribution in [0.1, 0.15) is 30.4 Å². The van der Waals surface area contributed by atoms with E-state index >= 15 is 0 Å². The van der Waals surface area contributed by atoms with Crippen LogP contribution >= 0.6 is 12.4 Å². The fourth-order valence-electron chi connectivity index (χ4n) is 2.95. The van der Waals surface area contributed by atoms with Crippen LogP contribution in [0.25, 0.3) is 0 Å². The van der Waals surface area contributed by atoms with Gasteiger partial charge in [0.05, 0.1) is 12.1 Å². The van der Waals surface area contributed by atoms with E-state index in [4.69, 9.17) is 4.74 Å². The van der Waals surface area contributed by atoms with Crippen molar-refractivity contribution in [3.63, 3.8) is 0 Å². The summed E-state index contributed by atoms with van der Waals surface area (Å²) in [4.78, 5) is 12.2. The summed E-state index contributed by atoms with van der Waals surface area (Å²) in [5.41, 5.74) is 2.58. The molecule has 0 bridgehead atoms. The van der Waals surface area contributed by atoms with Crippen LogP contribution in [-0.4, -0.2) is 31.2 Å². The lowest BCUT2D eigenvalue weighted by Gasteiger charge is -2.27. The first-order valence-electron chi connectivity index (χ1n) is 7.52. The summed E-state index contributed by atoms with van der Waals surface area (Å²) >= 11 is 0. The quantitative estimate of drug-likeness (QED) is 0.895. The Hall–Kier alpha value is -1.10. The van der Waals surface area contributed by atoms with E-state index in [-0.39, 0.29) is 30.5 Å². The fraction of sp³-hybridized carbons (Fsp3) is 0.562. The zero-order valence-electron chi connectivity index (χ0n) is 12.1. The first-order chi connectivity index (χ1) is 9.83. The molecule has 4 nitrogen and oxygen atoms in total. The van der Waals surface area contributed by atoms with Gasteiger partial charge >= 0.3 is 0 Å². The fourth-order valence-corrected chi connectivity index (χ4v) is 2.95. The van der Waals surface area contributed by atoms with Gasteiger partial charge in [0.1, 0.15) is 0 Å². The Bertz CT molecular complexity index is 475. The van der Waals surface area contributed by atoms with Gasteiger partial charge in [-0.2, -0.15) is 0 Å². The van der Waals surface area contributed by atoms with Crippen molar-refractivity contribution in [3.05, 3.63) is 35.4 Å². The average Bonchev–Trinajstić information content (AvgIpc) is 2.53. The van der Waals surface area contributed by atoms with Gasteiger partial charge in [0.2, 0.25) is 5.91 Å². The molecule has 0 spiro atoms. The van der Waals surface area contributed by atoms with Gasteiger partial charge in [0.15, 0.2) is 0 Å². The number of halogens is 1. The summed E-state index contributed by atoms with van der Waals surface area (Å²) in [5, 5.41) is 6.34. The summed E-state index contributed by atoms with van der Waals surface area (Å²) in [7, 11) is 0. The normalized spacial score (nSPS) is 24.6. The lowest BCUT2D eigenvalue weighted by atomic mass is 9.95. The molecular weight excluding hydrogens is 288 g/mol. The van der Waals surface area contributed by atoms with Crippen LogP contribution in [0.2, 0.25) is 0 Å². The molecule has 1 aromatic rings. The number of nitrogens with one attached hydrogen (secondary N) is 2. The standard InChI is InChI=1S/C16H22N2O2.ClH/c19-16(18-11-14-7-3-4-8-20-14)15-9-12-5-1-2-6-13(12)10-17-15;/h1-2,5-6,14-15,17H,3-4,7-11H2,(H,18,19);1H. The monoisotopic (exact) mass is 310 g/mol. The Kier molecular flexibility index (Phi) is 6.03. The third kappa shape index (κ3) is 4.19. The number of rotatable bonds is 3. The van der Waals surface area contributed by atoms with Crippen molar-refractivity contribution in [2.24, 2.45) is 0 Å². The molecule has 2 heterocycles. The van der Waals surface area contributed by atoms with E-state index in [0.717, 1.165) is 32.4 Å². The molecule has 2 unspecified atom stereocenters. The summed E-state index contributed by atoms with van der Waals surface area (Å²) in [5.74, 6) is 0.0914. The van der Waals surface area contributed by atoms with Crippen LogP contribution in [-0.2, 0) is 22.5 Å². The number of hydrogen-bond donors (Lipinski definition) is 2. The van der Waals surface area contributed by atoms with E-state index in [9.17, 15) is 4.79 Å². The summed E-state index contributed by atoms with van der Waals surface area (Å²) in [6.45, 7) is 2.24. The molecule has 2 aliphatic rings. The number of ether oxygens (including phenoxy) is 1. The van der Waals surface area contributed by atoms with Crippen molar-refractivity contribution in [1.82, 2.24) is 10.6 Å². The van der Waals surface area contributed by atoms with E-state index in [1.165, 1.54) is 17.5 Å². The molecule has 5 heteroatoms. The third-order valence-electron chi connectivity index (χ3n) is 4.18. The van der Waals surface area contributed by atoms with Gasteiger partial charge < -0.3 is 15.4 Å². The van der Waals surface area contributed by atoms with Crippen molar-refractivity contribution in [3.8, 4) is 0 Å². The molecule has 1 aromatic carbocycles. The molecule has 1 saturated heterocycles. The molecule has 21 heavy (non-hydrogen) atoms. The Morgan fingerprint density at radius 2 is 2.10 bits per heavy atom. The molecule has 0 saturated carbocycles. The lowest BCUT2D eigenvalue weighted by Crippen LogP contribution is -2.49. The largest absolute Gasteiger partial charge is 0.376 e. The predicted molar refractivity (Wildman–Crippen MR) is 84.6 cm³/mol. The van der Waals surface area contributed by atoms with Crippen LogP contribution in [0.3, 0.4) is 0 Å². The van der Waals surface area contributed by atoms with Crippen LogP contribution in [0.5, 0.6) is 0 Å². The zero-order chi connectivity index (χ0) is 13.8. The highest BCUT2D eigenvalue weighted by Crippen LogP contribution is 2.16. The Labute approximate surface area is 132 Å². The Balaban J connectivity index is 0.00000161. The van der Waals surface area contributed by atoms with Crippen LogP contribution in [0, 0.1) is 0 Å². The second-order valence-electron chi connectivity index (χ2n) is 5.64. The average molecular weight is 311 g/mol. The van der Waals surface area contributed by atoms with Crippen molar-refractivity contribution in [1.29, 1.82) is 0 Å². The van der Waals surface area contributed by atoms with Crippen molar-refractivity contribution >= 4 is 18.3 Å². The minimum absolute atomic E-state index is 0. The first-order valence-corrected chi connectivity index (χ1v) is 7.52. The van der Waals surface area contributed by atoms with E-state index in [2.05, 4.69) is 22.8 Å². The maximum absolute atomic E-state index is 12.2. The number of amides is 1. The molecule has 0 radical (unpaired) electrons. The summed E-state index contributed by atoms with van der Waals surface area (Å²) < 4.78 is 5.64. The van der Waals surface area contributed by atoms with E-state index < -0.39 is 0 Å². The summed E-state index contributed by atoms with van der Waals surface area (Å²) in [6.07, 6.45) is 4.37. The van der Waals surface area contributed by atoms with Gasteiger partial charge in [-0.05, 0) is 36.8 Å². The molecule has 0 aliphatic carbocycles. The maximum Gasteiger partial charge on any atom is 0.237 e. The second-order valence-corrected chi connectivity index (χ2v) is 5.64. The predicted octanol–water partition coefficient (Wildman–Crippen LogP) is 1.81. The SMILES string of the molecule is Cl.O=C(NCC1CCCCO1)C1Cc2ccccc2CN1. The van der Waals surface area contributed by atoms with Crippen LogP contribution < -0.4 is 10.6 Å². The molecule has 1 amide bonds. The molecule has 2 atom stereocenters.